The minimum Gasteiger partial charge on any atom is -0.481 e. The molecule has 1 rings (SSSR count). The number of para-hydroxylation sites is 1. The van der Waals surface area contributed by atoms with Crippen LogP contribution in [0.15, 0.2) is 24.3 Å². The minimum atomic E-state index is -0.877. The van der Waals surface area contributed by atoms with Crippen molar-refractivity contribution in [1.82, 2.24) is 5.73 Å². The Morgan fingerprint density at radius 2 is 2.17 bits per heavy atom. The summed E-state index contributed by atoms with van der Waals surface area (Å²) >= 11 is 0. The molecule has 0 aliphatic carbocycles. The molecule has 1 radical (unpaired) electrons. The van der Waals surface area contributed by atoms with Gasteiger partial charge in [-0.25, -0.2) is 4.39 Å². The summed E-state index contributed by atoms with van der Waals surface area (Å²) in [5, 5.41) is 0. The van der Waals surface area contributed by atoms with Crippen molar-refractivity contribution in [2.24, 2.45) is 0 Å². The lowest BCUT2D eigenvalue weighted by Gasteiger charge is -2.02. The van der Waals surface area contributed by atoms with Crippen molar-refractivity contribution in [2.45, 2.75) is 0 Å². The van der Waals surface area contributed by atoms with E-state index in [2.05, 4.69) is 4.74 Å². The molecule has 1 aromatic carbocycles. The highest BCUT2D eigenvalue weighted by Gasteiger charge is 2.02. The Bertz CT molecular complexity index is 288. The van der Waals surface area contributed by atoms with Crippen LogP contribution in [0.5, 0.6) is 5.75 Å². The highest BCUT2D eigenvalue weighted by Crippen LogP contribution is 2.14. The average Bonchev–Trinajstić information content (AvgIpc) is 2.03. The monoisotopic (exact) mass is 168 g/mol. The molecule has 0 aliphatic heterocycles. The Morgan fingerprint density at radius 3 is 2.75 bits per heavy atom. The Balaban J connectivity index is 2.63. The van der Waals surface area contributed by atoms with Gasteiger partial charge in [0.05, 0.1) is 0 Å². The van der Waals surface area contributed by atoms with E-state index in [1.807, 2.05) is 0 Å². The number of ether oxygens (including phenoxy) is 1. The zero-order valence-corrected chi connectivity index (χ0v) is 6.21. The molecule has 0 unspecified atom stereocenters. The molecule has 0 fully saturated rings. The highest BCUT2D eigenvalue weighted by molar-refractivity contribution is 5.74. The summed E-state index contributed by atoms with van der Waals surface area (Å²) in [7, 11) is 0. The standard InChI is InChI=1S/C8H7FNO2/c9-6-3-1-2-4-7(6)12-5-8(10)11/h1-4,10H,5H2. The third-order valence-electron chi connectivity index (χ3n) is 1.20. The first-order valence-electron chi connectivity index (χ1n) is 3.32. The lowest BCUT2D eigenvalue weighted by Crippen LogP contribution is -2.11. The molecule has 12 heavy (non-hydrogen) atoms. The van der Waals surface area contributed by atoms with E-state index in [4.69, 9.17) is 5.73 Å². The maximum atomic E-state index is 12.7. The number of carbonyl (C=O) groups is 1. The molecule has 3 nitrogen and oxygen atoms in total. The van der Waals surface area contributed by atoms with Gasteiger partial charge in [0.15, 0.2) is 18.2 Å². The fourth-order valence-corrected chi connectivity index (χ4v) is 0.705. The molecule has 0 spiro atoms. The van der Waals surface area contributed by atoms with Crippen molar-refractivity contribution in [2.75, 3.05) is 6.61 Å². The average molecular weight is 168 g/mol. The summed E-state index contributed by atoms with van der Waals surface area (Å²) in [4.78, 5) is 10.1. The van der Waals surface area contributed by atoms with Crippen molar-refractivity contribution in [3.8, 4) is 5.75 Å². The fourth-order valence-electron chi connectivity index (χ4n) is 0.705. The number of halogens is 1. The van der Waals surface area contributed by atoms with Crippen LogP contribution in [0, 0.1) is 5.82 Å². The van der Waals surface area contributed by atoms with E-state index in [9.17, 15) is 9.18 Å². The Morgan fingerprint density at radius 1 is 1.50 bits per heavy atom. The molecule has 0 bridgehead atoms. The van der Waals surface area contributed by atoms with Gasteiger partial charge in [0, 0.05) is 0 Å². The van der Waals surface area contributed by atoms with Gasteiger partial charge < -0.3 is 4.74 Å². The number of amides is 1. The molecule has 0 aliphatic rings. The molecule has 0 aromatic heterocycles. The van der Waals surface area contributed by atoms with E-state index in [0.717, 1.165) is 0 Å². The summed E-state index contributed by atoms with van der Waals surface area (Å²) in [5.41, 5.74) is 6.51. The number of hydrogen-bond acceptors (Lipinski definition) is 2. The van der Waals surface area contributed by atoms with Gasteiger partial charge in [0.2, 0.25) is 0 Å². The molecular weight excluding hydrogens is 161 g/mol. The van der Waals surface area contributed by atoms with Crippen LogP contribution in [-0.4, -0.2) is 12.5 Å². The minimum absolute atomic E-state index is 0.00176. The SMILES string of the molecule is [NH]C(=O)COc1ccccc1F. The summed E-state index contributed by atoms with van der Waals surface area (Å²) in [6.45, 7) is -0.416. The van der Waals surface area contributed by atoms with Gasteiger partial charge in [0.25, 0.3) is 5.91 Å². The Labute approximate surface area is 68.9 Å². The van der Waals surface area contributed by atoms with E-state index in [1.165, 1.54) is 18.2 Å². The number of rotatable bonds is 3. The molecule has 0 saturated carbocycles. The van der Waals surface area contributed by atoms with Crippen molar-refractivity contribution < 1.29 is 13.9 Å². The Hall–Kier alpha value is -1.58. The summed E-state index contributed by atoms with van der Waals surface area (Å²) in [6.07, 6.45) is 0. The first-order chi connectivity index (χ1) is 5.70. The quantitative estimate of drug-likeness (QED) is 0.676. The van der Waals surface area contributed by atoms with Crippen molar-refractivity contribution in [1.29, 1.82) is 0 Å². The van der Waals surface area contributed by atoms with Crippen LogP contribution in [0.1, 0.15) is 0 Å². The summed E-state index contributed by atoms with van der Waals surface area (Å²) in [5.74, 6) is -1.41. The van der Waals surface area contributed by atoms with Gasteiger partial charge in [-0.2, -0.15) is 0 Å². The fraction of sp³-hybridized carbons (Fsp3) is 0.125. The molecule has 4 heteroatoms. The number of hydrogen-bond donors (Lipinski definition) is 0. The van der Waals surface area contributed by atoms with Crippen LogP contribution in [0.3, 0.4) is 0 Å². The Kier molecular flexibility index (Phi) is 2.63. The summed E-state index contributed by atoms with van der Waals surface area (Å²) < 4.78 is 17.4. The van der Waals surface area contributed by atoms with Crippen LogP contribution < -0.4 is 10.5 Å². The second-order valence-corrected chi connectivity index (χ2v) is 2.14. The maximum Gasteiger partial charge on any atom is 0.276 e. The van der Waals surface area contributed by atoms with Crippen LogP contribution in [0.2, 0.25) is 0 Å². The predicted octanol–water partition coefficient (Wildman–Crippen LogP) is 1.01. The van der Waals surface area contributed by atoms with Crippen molar-refractivity contribution in [3.05, 3.63) is 30.1 Å². The van der Waals surface area contributed by atoms with E-state index >= 15 is 0 Å². The molecule has 0 atom stereocenters. The van der Waals surface area contributed by atoms with Gasteiger partial charge in [-0.15, -0.1) is 0 Å². The van der Waals surface area contributed by atoms with Crippen LogP contribution in [-0.2, 0) is 4.79 Å². The van der Waals surface area contributed by atoms with Gasteiger partial charge in [0.1, 0.15) is 0 Å². The van der Waals surface area contributed by atoms with Crippen LogP contribution >= 0.6 is 0 Å². The van der Waals surface area contributed by atoms with Gasteiger partial charge >= 0.3 is 0 Å². The molecule has 63 valence electrons. The molecule has 1 aromatic rings. The maximum absolute atomic E-state index is 12.7. The highest BCUT2D eigenvalue weighted by atomic mass is 19.1. The number of nitrogens with one attached hydrogen (secondary N) is 1. The lowest BCUT2D eigenvalue weighted by molar-refractivity contribution is -0.120. The molecular formula is C8H7FNO2. The molecule has 1 N–H and O–H groups in total. The van der Waals surface area contributed by atoms with Crippen LogP contribution in [0.4, 0.5) is 4.39 Å². The lowest BCUT2D eigenvalue weighted by atomic mass is 10.3. The molecule has 1 amide bonds. The predicted molar refractivity (Wildman–Crippen MR) is 40.0 cm³/mol. The number of benzene rings is 1. The van der Waals surface area contributed by atoms with E-state index in [0.29, 0.717) is 0 Å². The third-order valence-corrected chi connectivity index (χ3v) is 1.20. The van der Waals surface area contributed by atoms with Crippen LogP contribution in [0.25, 0.3) is 0 Å². The van der Waals surface area contributed by atoms with E-state index < -0.39 is 18.3 Å². The van der Waals surface area contributed by atoms with Crippen molar-refractivity contribution in [3.63, 3.8) is 0 Å². The zero-order chi connectivity index (χ0) is 8.97. The smallest absolute Gasteiger partial charge is 0.276 e. The first kappa shape index (κ1) is 8.52. The molecule has 0 heterocycles. The molecule has 0 saturated heterocycles. The third kappa shape index (κ3) is 2.23. The topological polar surface area (TPSA) is 50.1 Å². The zero-order valence-electron chi connectivity index (χ0n) is 6.21. The summed E-state index contributed by atoms with van der Waals surface area (Å²) in [6, 6.07) is 5.74. The normalized spacial score (nSPS) is 9.42. The van der Waals surface area contributed by atoms with Gasteiger partial charge in [-0.3, -0.25) is 10.5 Å². The first-order valence-corrected chi connectivity index (χ1v) is 3.32. The second kappa shape index (κ2) is 3.71. The second-order valence-electron chi connectivity index (χ2n) is 2.14. The number of carbonyl (C=O) groups excluding carboxylic acids is 1. The van der Waals surface area contributed by atoms with E-state index in [1.54, 1.807) is 6.07 Å². The van der Waals surface area contributed by atoms with E-state index in [-0.39, 0.29) is 5.75 Å². The van der Waals surface area contributed by atoms with Gasteiger partial charge in [-0.05, 0) is 12.1 Å². The van der Waals surface area contributed by atoms with Gasteiger partial charge in [-0.1, -0.05) is 12.1 Å². The largest absolute Gasteiger partial charge is 0.481 e. The van der Waals surface area contributed by atoms with Crippen molar-refractivity contribution >= 4 is 5.91 Å².